The number of ketones is 1. The maximum absolute atomic E-state index is 11.8. The van der Waals surface area contributed by atoms with Crippen molar-refractivity contribution in [2.45, 2.75) is 27.2 Å². The molecule has 0 bridgehead atoms. The molecular weight excluding hydrogens is 184 g/mol. The Labute approximate surface area is 91.5 Å². The number of terminal acetylenes is 1. The van der Waals surface area contributed by atoms with Crippen molar-refractivity contribution >= 4 is 5.78 Å². The minimum atomic E-state index is -0.286. The summed E-state index contributed by atoms with van der Waals surface area (Å²) in [4.78, 5) is 11.8. The highest BCUT2D eigenvalue weighted by molar-refractivity contribution is 5.85. The Kier molecular flexibility index (Phi) is 3.31. The van der Waals surface area contributed by atoms with E-state index in [-0.39, 0.29) is 11.2 Å². The van der Waals surface area contributed by atoms with E-state index in [1.807, 2.05) is 45.0 Å². The summed E-state index contributed by atoms with van der Waals surface area (Å²) in [5.74, 6) is 2.80. The van der Waals surface area contributed by atoms with Crippen molar-refractivity contribution in [1.29, 1.82) is 0 Å². The van der Waals surface area contributed by atoms with Gasteiger partial charge in [-0.15, -0.1) is 6.42 Å². The van der Waals surface area contributed by atoms with Crippen LogP contribution in [0.5, 0.6) is 0 Å². The monoisotopic (exact) mass is 200 g/mol. The number of hydrogen-bond acceptors (Lipinski definition) is 1. The molecule has 0 spiro atoms. The lowest BCUT2D eigenvalue weighted by Crippen LogP contribution is -2.22. The van der Waals surface area contributed by atoms with Gasteiger partial charge in [-0.1, -0.05) is 38.8 Å². The van der Waals surface area contributed by atoms with Crippen LogP contribution >= 0.6 is 0 Å². The van der Waals surface area contributed by atoms with Gasteiger partial charge in [0, 0.05) is 17.4 Å². The van der Waals surface area contributed by atoms with Crippen molar-refractivity contribution in [3.8, 4) is 12.3 Å². The van der Waals surface area contributed by atoms with E-state index < -0.39 is 0 Å². The molecule has 78 valence electrons. The third kappa shape index (κ3) is 3.25. The van der Waals surface area contributed by atoms with Crippen molar-refractivity contribution in [3.05, 3.63) is 35.4 Å². The minimum absolute atomic E-state index is 0.233. The van der Waals surface area contributed by atoms with E-state index in [0.717, 1.165) is 11.1 Å². The van der Waals surface area contributed by atoms with E-state index in [4.69, 9.17) is 6.42 Å². The maximum Gasteiger partial charge on any atom is 0.142 e. The Balaban J connectivity index is 2.83. The number of Topliss-reactive ketones (excluding diaryl/α,β-unsaturated/α-hetero) is 1. The van der Waals surface area contributed by atoms with E-state index in [1.165, 1.54) is 0 Å². The highest BCUT2D eigenvalue weighted by Crippen LogP contribution is 2.18. The Morgan fingerprint density at radius 2 is 2.07 bits per heavy atom. The summed E-state index contributed by atoms with van der Waals surface area (Å²) >= 11 is 0. The molecule has 0 N–H and O–H groups in total. The molecule has 15 heavy (non-hydrogen) atoms. The smallest absolute Gasteiger partial charge is 0.142 e. The topological polar surface area (TPSA) is 17.1 Å². The average Bonchev–Trinajstić information content (AvgIpc) is 2.16. The van der Waals surface area contributed by atoms with Crippen molar-refractivity contribution in [1.82, 2.24) is 0 Å². The molecule has 1 nitrogen and oxygen atoms in total. The third-order valence-corrected chi connectivity index (χ3v) is 2.29. The minimum Gasteiger partial charge on any atom is -0.299 e. The molecule has 1 aromatic rings. The number of carbonyl (C=O) groups is 1. The predicted molar refractivity (Wildman–Crippen MR) is 62.5 cm³/mol. The fraction of sp³-hybridized carbons (Fsp3) is 0.357. The first kappa shape index (κ1) is 11.5. The van der Waals surface area contributed by atoms with E-state index in [0.29, 0.717) is 6.42 Å². The van der Waals surface area contributed by atoms with Gasteiger partial charge >= 0.3 is 0 Å². The molecule has 0 aromatic heterocycles. The van der Waals surface area contributed by atoms with Gasteiger partial charge < -0.3 is 0 Å². The molecule has 0 aliphatic carbocycles. The van der Waals surface area contributed by atoms with Crippen molar-refractivity contribution in [2.75, 3.05) is 0 Å². The summed E-state index contributed by atoms with van der Waals surface area (Å²) in [6, 6.07) is 7.58. The standard InChI is InChI=1S/C14H16O/c1-5-11-7-6-8-12(9-11)10-13(15)14(2,3)4/h1,6-9H,10H2,2-4H3. The van der Waals surface area contributed by atoms with Crippen LogP contribution in [-0.2, 0) is 11.2 Å². The van der Waals surface area contributed by atoms with Crippen LogP contribution in [0.3, 0.4) is 0 Å². The van der Waals surface area contributed by atoms with Crippen LogP contribution in [0.1, 0.15) is 31.9 Å². The molecule has 0 radical (unpaired) electrons. The second kappa shape index (κ2) is 4.31. The highest BCUT2D eigenvalue weighted by atomic mass is 16.1. The largest absolute Gasteiger partial charge is 0.299 e. The van der Waals surface area contributed by atoms with Gasteiger partial charge in [-0.25, -0.2) is 0 Å². The third-order valence-electron chi connectivity index (χ3n) is 2.29. The molecule has 0 unspecified atom stereocenters. The molecule has 0 heterocycles. The zero-order valence-corrected chi connectivity index (χ0v) is 9.50. The van der Waals surface area contributed by atoms with Crippen LogP contribution < -0.4 is 0 Å². The number of hydrogen-bond donors (Lipinski definition) is 0. The molecule has 0 aliphatic rings. The van der Waals surface area contributed by atoms with E-state index in [2.05, 4.69) is 5.92 Å². The lowest BCUT2D eigenvalue weighted by Gasteiger charge is -2.16. The summed E-state index contributed by atoms with van der Waals surface area (Å²) in [5, 5.41) is 0. The van der Waals surface area contributed by atoms with Crippen LogP contribution in [0.2, 0.25) is 0 Å². The zero-order valence-electron chi connectivity index (χ0n) is 9.50. The quantitative estimate of drug-likeness (QED) is 0.671. The lowest BCUT2D eigenvalue weighted by atomic mass is 9.87. The average molecular weight is 200 g/mol. The normalized spacial score (nSPS) is 10.8. The Bertz CT molecular complexity index is 402. The highest BCUT2D eigenvalue weighted by Gasteiger charge is 2.20. The van der Waals surface area contributed by atoms with Crippen LogP contribution in [0, 0.1) is 17.8 Å². The van der Waals surface area contributed by atoms with Gasteiger partial charge in [-0.3, -0.25) is 4.79 Å². The molecular formula is C14H16O. The summed E-state index contributed by atoms with van der Waals surface area (Å²) in [6.45, 7) is 5.79. The summed E-state index contributed by atoms with van der Waals surface area (Å²) < 4.78 is 0. The zero-order chi connectivity index (χ0) is 11.5. The molecule has 0 saturated heterocycles. The van der Waals surface area contributed by atoms with Gasteiger partial charge in [-0.2, -0.15) is 0 Å². The van der Waals surface area contributed by atoms with Crippen LogP contribution in [0.4, 0.5) is 0 Å². The lowest BCUT2D eigenvalue weighted by molar-refractivity contribution is -0.125. The van der Waals surface area contributed by atoms with Gasteiger partial charge in [0.2, 0.25) is 0 Å². The molecule has 0 atom stereocenters. The van der Waals surface area contributed by atoms with Crippen molar-refractivity contribution in [3.63, 3.8) is 0 Å². The van der Waals surface area contributed by atoms with E-state index >= 15 is 0 Å². The second-order valence-electron chi connectivity index (χ2n) is 4.69. The van der Waals surface area contributed by atoms with Crippen LogP contribution in [0.25, 0.3) is 0 Å². The molecule has 0 aliphatic heterocycles. The van der Waals surface area contributed by atoms with Gasteiger partial charge in [0.15, 0.2) is 0 Å². The first-order valence-electron chi connectivity index (χ1n) is 5.02. The Morgan fingerprint density at radius 3 is 2.60 bits per heavy atom. The maximum atomic E-state index is 11.8. The molecule has 0 fully saturated rings. The van der Waals surface area contributed by atoms with Crippen molar-refractivity contribution in [2.24, 2.45) is 5.41 Å². The SMILES string of the molecule is C#Cc1cccc(CC(=O)C(C)(C)C)c1. The molecule has 0 saturated carbocycles. The Hall–Kier alpha value is -1.55. The molecule has 1 heteroatoms. The second-order valence-corrected chi connectivity index (χ2v) is 4.69. The van der Waals surface area contributed by atoms with Crippen molar-refractivity contribution < 1.29 is 4.79 Å². The predicted octanol–water partition coefficient (Wildman–Crippen LogP) is 2.83. The van der Waals surface area contributed by atoms with Crippen LogP contribution in [-0.4, -0.2) is 5.78 Å². The van der Waals surface area contributed by atoms with Gasteiger partial charge in [0.05, 0.1) is 0 Å². The van der Waals surface area contributed by atoms with Crippen LogP contribution in [0.15, 0.2) is 24.3 Å². The molecule has 1 rings (SSSR count). The Morgan fingerprint density at radius 1 is 1.40 bits per heavy atom. The fourth-order valence-corrected chi connectivity index (χ4v) is 1.22. The summed E-state index contributed by atoms with van der Waals surface area (Å²) in [6.07, 6.45) is 5.76. The summed E-state index contributed by atoms with van der Waals surface area (Å²) in [5.41, 5.74) is 1.53. The van der Waals surface area contributed by atoms with Gasteiger partial charge in [0.1, 0.15) is 5.78 Å². The molecule has 0 amide bonds. The first-order chi connectivity index (χ1) is 6.93. The van der Waals surface area contributed by atoms with E-state index in [9.17, 15) is 4.79 Å². The summed E-state index contributed by atoms with van der Waals surface area (Å²) in [7, 11) is 0. The fourth-order valence-electron chi connectivity index (χ4n) is 1.22. The number of rotatable bonds is 2. The number of benzene rings is 1. The van der Waals surface area contributed by atoms with Gasteiger partial charge in [-0.05, 0) is 17.7 Å². The molecule has 1 aromatic carbocycles. The number of carbonyl (C=O) groups excluding carboxylic acids is 1. The van der Waals surface area contributed by atoms with E-state index in [1.54, 1.807) is 0 Å². The van der Waals surface area contributed by atoms with Gasteiger partial charge in [0.25, 0.3) is 0 Å². The first-order valence-corrected chi connectivity index (χ1v) is 5.02.